The minimum atomic E-state index is 0.0242. The molecule has 0 N–H and O–H groups in total. The summed E-state index contributed by atoms with van der Waals surface area (Å²) in [6.45, 7) is 1.22. The van der Waals surface area contributed by atoms with Crippen molar-refractivity contribution in [1.29, 1.82) is 0 Å². The number of halogens is 1. The van der Waals surface area contributed by atoms with Crippen LogP contribution in [0.25, 0.3) is 6.08 Å². The van der Waals surface area contributed by atoms with Crippen LogP contribution in [0, 0.1) is 0 Å². The summed E-state index contributed by atoms with van der Waals surface area (Å²) < 4.78 is 11.0. The van der Waals surface area contributed by atoms with E-state index >= 15 is 0 Å². The maximum atomic E-state index is 12.8. The third kappa shape index (κ3) is 3.92. The van der Waals surface area contributed by atoms with Gasteiger partial charge in [-0.1, -0.05) is 29.8 Å². The molecule has 144 valence electrons. The first-order chi connectivity index (χ1) is 13.6. The monoisotopic (exact) mass is 395 g/mol. The van der Waals surface area contributed by atoms with Gasteiger partial charge in [-0.3, -0.25) is 4.79 Å². The molecule has 2 aromatic rings. The number of amides is 1. The van der Waals surface area contributed by atoms with E-state index in [2.05, 4.69) is 0 Å². The van der Waals surface area contributed by atoms with Gasteiger partial charge in [0, 0.05) is 23.2 Å². The lowest BCUT2D eigenvalue weighted by atomic mass is 10.0. The van der Waals surface area contributed by atoms with Crippen LogP contribution in [0.3, 0.4) is 0 Å². The molecular formula is C23H22ClNO3. The molecule has 1 saturated heterocycles. The van der Waals surface area contributed by atoms with Crippen molar-refractivity contribution < 1.29 is 14.3 Å². The summed E-state index contributed by atoms with van der Waals surface area (Å²) in [6.07, 6.45) is 7.49. The lowest BCUT2D eigenvalue weighted by Gasteiger charge is -2.24. The molecule has 2 heterocycles. The number of likely N-dealkylation sites (tertiary alicyclic amines) is 1. The van der Waals surface area contributed by atoms with Gasteiger partial charge in [0.25, 0.3) is 0 Å². The molecule has 0 radical (unpaired) electrons. The summed E-state index contributed by atoms with van der Waals surface area (Å²) in [6, 6.07) is 13.6. The molecule has 4 nitrogen and oxygen atoms in total. The first kappa shape index (κ1) is 18.6. The summed E-state index contributed by atoms with van der Waals surface area (Å²) in [5, 5.41) is 0.666. The fourth-order valence-electron chi connectivity index (χ4n) is 3.74. The highest BCUT2D eigenvalue weighted by Gasteiger charge is 2.28. The number of methoxy groups -OCH3 is 1. The molecule has 1 fully saturated rings. The van der Waals surface area contributed by atoms with Gasteiger partial charge in [-0.25, -0.2) is 0 Å². The van der Waals surface area contributed by atoms with Crippen LogP contribution in [-0.4, -0.2) is 31.1 Å². The number of fused-ring (bicyclic) bond motifs is 1. The molecule has 0 bridgehead atoms. The molecule has 0 aromatic heterocycles. The highest BCUT2D eigenvalue weighted by atomic mass is 35.5. The SMILES string of the molecule is COc1ccc(C2CCCN2C(=O)/C=C/C2=Cc3cc(Cl)ccc3OC2)cc1. The average molecular weight is 396 g/mol. The number of carbonyl (C=O) groups excluding carboxylic acids is 1. The van der Waals surface area contributed by atoms with Gasteiger partial charge in [-0.2, -0.15) is 0 Å². The summed E-state index contributed by atoms with van der Waals surface area (Å²) in [5.74, 6) is 1.66. The lowest BCUT2D eigenvalue weighted by Crippen LogP contribution is -2.29. The molecule has 2 aliphatic rings. The van der Waals surface area contributed by atoms with Crippen LogP contribution in [-0.2, 0) is 4.79 Å². The van der Waals surface area contributed by atoms with E-state index in [9.17, 15) is 4.79 Å². The van der Waals surface area contributed by atoms with Gasteiger partial charge in [0.1, 0.15) is 18.1 Å². The van der Waals surface area contributed by atoms with Gasteiger partial charge in [-0.15, -0.1) is 0 Å². The van der Waals surface area contributed by atoms with Gasteiger partial charge < -0.3 is 14.4 Å². The number of carbonyl (C=O) groups is 1. The largest absolute Gasteiger partial charge is 0.497 e. The normalized spacial score (nSPS) is 18.6. The first-order valence-corrected chi connectivity index (χ1v) is 9.77. The summed E-state index contributed by atoms with van der Waals surface area (Å²) >= 11 is 6.06. The topological polar surface area (TPSA) is 38.8 Å². The van der Waals surface area contributed by atoms with Crippen molar-refractivity contribution in [2.24, 2.45) is 0 Å². The highest BCUT2D eigenvalue weighted by molar-refractivity contribution is 6.30. The maximum absolute atomic E-state index is 12.8. The Morgan fingerprint density at radius 3 is 2.86 bits per heavy atom. The van der Waals surface area contributed by atoms with Gasteiger partial charge in [0.15, 0.2) is 0 Å². The van der Waals surface area contributed by atoms with Crippen LogP contribution in [0.1, 0.15) is 30.0 Å². The smallest absolute Gasteiger partial charge is 0.247 e. The van der Waals surface area contributed by atoms with Crippen molar-refractivity contribution in [3.63, 3.8) is 0 Å². The molecule has 1 amide bonds. The maximum Gasteiger partial charge on any atom is 0.247 e. The second kappa shape index (κ2) is 8.11. The van der Waals surface area contributed by atoms with E-state index in [-0.39, 0.29) is 11.9 Å². The Labute approximate surface area is 170 Å². The highest BCUT2D eigenvalue weighted by Crippen LogP contribution is 2.33. The molecule has 5 heteroatoms. The van der Waals surface area contributed by atoms with Gasteiger partial charge in [-0.05, 0) is 60.4 Å². The van der Waals surface area contributed by atoms with Crippen LogP contribution < -0.4 is 9.47 Å². The van der Waals surface area contributed by atoms with E-state index in [0.29, 0.717) is 11.6 Å². The summed E-state index contributed by atoms with van der Waals surface area (Å²) in [4.78, 5) is 14.8. The van der Waals surface area contributed by atoms with Crippen molar-refractivity contribution in [2.45, 2.75) is 18.9 Å². The van der Waals surface area contributed by atoms with Crippen molar-refractivity contribution in [2.75, 3.05) is 20.3 Å². The van der Waals surface area contributed by atoms with Crippen LogP contribution in [0.2, 0.25) is 5.02 Å². The molecule has 0 spiro atoms. The molecular weight excluding hydrogens is 374 g/mol. The van der Waals surface area contributed by atoms with E-state index in [1.165, 1.54) is 0 Å². The minimum absolute atomic E-state index is 0.0242. The van der Waals surface area contributed by atoms with E-state index in [1.807, 2.05) is 59.5 Å². The molecule has 28 heavy (non-hydrogen) atoms. The van der Waals surface area contributed by atoms with Crippen molar-refractivity contribution >= 4 is 23.6 Å². The summed E-state index contributed by atoms with van der Waals surface area (Å²) in [7, 11) is 1.65. The third-order valence-electron chi connectivity index (χ3n) is 5.18. The zero-order valence-electron chi connectivity index (χ0n) is 15.7. The number of ether oxygens (including phenoxy) is 2. The van der Waals surface area contributed by atoms with Gasteiger partial charge in [0.2, 0.25) is 5.91 Å². The van der Waals surface area contributed by atoms with Crippen LogP contribution in [0.4, 0.5) is 0 Å². The standard InChI is InChI=1S/C23H22ClNO3/c1-27-20-8-5-17(6-9-20)21-3-2-12-25(21)23(26)11-4-16-13-18-14-19(24)7-10-22(18)28-15-16/h4-11,13-14,21H,2-3,12,15H2,1H3/b11-4+. The summed E-state index contributed by atoms with van der Waals surface area (Å²) in [5.41, 5.74) is 3.02. The van der Waals surface area contributed by atoms with E-state index < -0.39 is 0 Å². The molecule has 1 atom stereocenters. The third-order valence-corrected chi connectivity index (χ3v) is 5.42. The Morgan fingerprint density at radius 1 is 1.25 bits per heavy atom. The Morgan fingerprint density at radius 2 is 2.07 bits per heavy atom. The van der Waals surface area contributed by atoms with E-state index in [1.54, 1.807) is 13.2 Å². The second-order valence-electron chi connectivity index (χ2n) is 6.99. The number of hydrogen-bond acceptors (Lipinski definition) is 3. The number of rotatable bonds is 4. The van der Waals surface area contributed by atoms with E-state index in [4.69, 9.17) is 21.1 Å². The van der Waals surface area contributed by atoms with E-state index in [0.717, 1.165) is 47.6 Å². The fourth-order valence-corrected chi connectivity index (χ4v) is 3.92. The fraction of sp³-hybridized carbons (Fsp3) is 0.261. The quantitative estimate of drug-likeness (QED) is 0.680. The average Bonchev–Trinajstić information content (AvgIpc) is 3.21. The predicted octanol–water partition coefficient (Wildman–Crippen LogP) is 5.04. The van der Waals surface area contributed by atoms with Crippen LogP contribution in [0.15, 0.2) is 60.2 Å². The first-order valence-electron chi connectivity index (χ1n) is 9.39. The van der Waals surface area contributed by atoms with Crippen molar-refractivity contribution in [3.05, 3.63) is 76.3 Å². The molecule has 4 rings (SSSR count). The van der Waals surface area contributed by atoms with Gasteiger partial charge in [0.05, 0.1) is 13.2 Å². The van der Waals surface area contributed by atoms with Crippen LogP contribution >= 0.6 is 11.6 Å². The number of benzene rings is 2. The Balaban J connectivity index is 1.48. The van der Waals surface area contributed by atoms with Crippen molar-refractivity contribution in [3.8, 4) is 11.5 Å². The molecule has 2 aromatic carbocycles. The van der Waals surface area contributed by atoms with Crippen LogP contribution in [0.5, 0.6) is 11.5 Å². The Hall–Kier alpha value is -2.72. The lowest BCUT2D eigenvalue weighted by molar-refractivity contribution is -0.126. The zero-order valence-corrected chi connectivity index (χ0v) is 16.5. The van der Waals surface area contributed by atoms with Gasteiger partial charge >= 0.3 is 0 Å². The molecule has 0 aliphatic carbocycles. The Bertz CT molecular complexity index is 933. The molecule has 1 unspecified atom stereocenters. The number of hydrogen-bond donors (Lipinski definition) is 0. The Kier molecular flexibility index (Phi) is 5.40. The molecule has 0 saturated carbocycles. The minimum Gasteiger partial charge on any atom is -0.497 e. The van der Waals surface area contributed by atoms with Crippen molar-refractivity contribution in [1.82, 2.24) is 4.90 Å². The zero-order chi connectivity index (χ0) is 19.5. The second-order valence-corrected chi connectivity index (χ2v) is 7.42. The molecule has 2 aliphatic heterocycles. The predicted molar refractivity (Wildman–Crippen MR) is 111 cm³/mol. The number of nitrogens with zero attached hydrogens (tertiary/aromatic N) is 1.